The fourth-order valence-electron chi connectivity index (χ4n) is 4.11. The smallest absolute Gasteiger partial charge is 0.325 e. The summed E-state index contributed by atoms with van der Waals surface area (Å²) in [6.45, 7) is 0.220. The summed E-state index contributed by atoms with van der Waals surface area (Å²) >= 11 is 1.16. The molecule has 36 heavy (non-hydrogen) atoms. The normalized spacial score (nSPS) is 11.3. The molecule has 8 nitrogen and oxygen atoms in total. The quantitative estimate of drug-likeness (QED) is 0.358. The SMILES string of the molecule is Cn1c(=O)c2c(nc(SCC(=O)Nc3cccc4ccccc34)n2Cc2ccc(F)cc2)n(C)c1=O. The molecule has 182 valence electrons. The first-order valence-corrected chi connectivity index (χ1v) is 12.1. The van der Waals surface area contributed by atoms with Gasteiger partial charge < -0.3 is 9.88 Å². The Labute approximate surface area is 209 Å². The van der Waals surface area contributed by atoms with Crippen molar-refractivity contribution >= 4 is 45.3 Å². The third kappa shape index (κ3) is 4.31. The number of hydrogen-bond donors (Lipinski definition) is 1. The minimum atomic E-state index is -0.496. The molecule has 1 amide bonds. The predicted molar refractivity (Wildman–Crippen MR) is 139 cm³/mol. The van der Waals surface area contributed by atoms with Crippen LogP contribution in [0.15, 0.2) is 81.5 Å². The molecule has 3 aromatic carbocycles. The van der Waals surface area contributed by atoms with Gasteiger partial charge in [-0.15, -0.1) is 0 Å². The molecule has 0 saturated heterocycles. The van der Waals surface area contributed by atoms with E-state index in [1.807, 2.05) is 42.5 Å². The van der Waals surface area contributed by atoms with Gasteiger partial charge in [-0.3, -0.25) is 18.7 Å². The number of amides is 1. The highest BCUT2D eigenvalue weighted by molar-refractivity contribution is 7.99. The molecular formula is C26H22FN5O3S. The summed E-state index contributed by atoms with van der Waals surface area (Å²) in [5.41, 5.74) is 0.922. The van der Waals surface area contributed by atoms with Crippen LogP contribution in [0.5, 0.6) is 0 Å². The number of benzene rings is 3. The highest BCUT2D eigenvalue weighted by Crippen LogP contribution is 2.25. The van der Waals surface area contributed by atoms with Crippen LogP contribution in [-0.4, -0.2) is 30.3 Å². The highest BCUT2D eigenvalue weighted by atomic mass is 32.2. The zero-order valence-electron chi connectivity index (χ0n) is 19.6. The summed E-state index contributed by atoms with van der Waals surface area (Å²) in [6, 6.07) is 19.4. The minimum Gasteiger partial charge on any atom is -0.325 e. The molecule has 10 heteroatoms. The van der Waals surface area contributed by atoms with Gasteiger partial charge >= 0.3 is 5.69 Å². The number of nitrogens with one attached hydrogen (secondary N) is 1. The van der Waals surface area contributed by atoms with Gasteiger partial charge in [0.2, 0.25) is 5.91 Å². The second-order valence-electron chi connectivity index (χ2n) is 8.35. The maximum Gasteiger partial charge on any atom is 0.332 e. The van der Waals surface area contributed by atoms with Gasteiger partial charge in [-0.2, -0.15) is 0 Å². The summed E-state index contributed by atoms with van der Waals surface area (Å²) in [7, 11) is 2.95. The lowest BCUT2D eigenvalue weighted by atomic mass is 10.1. The van der Waals surface area contributed by atoms with Crippen LogP contribution in [0.4, 0.5) is 10.1 Å². The number of imidazole rings is 1. The van der Waals surface area contributed by atoms with Gasteiger partial charge in [0, 0.05) is 25.2 Å². The molecule has 0 fully saturated rings. The number of hydrogen-bond acceptors (Lipinski definition) is 5. The van der Waals surface area contributed by atoms with E-state index in [4.69, 9.17) is 0 Å². The first-order valence-electron chi connectivity index (χ1n) is 11.1. The number of fused-ring (bicyclic) bond motifs is 2. The molecule has 5 aromatic rings. The second kappa shape index (κ2) is 9.46. The lowest BCUT2D eigenvalue weighted by Gasteiger charge is -2.11. The third-order valence-corrected chi connectivity index (χ3v) is 6.94. The van der Waals surface area contributed by atoms with Crippen molar-refractivity contribution in [2.24, 2.45) is 14.1 Å². The second-order valence-corrected chi connectivity index (χ2v) is 9.29. The standard InChI is InChI=1S/C26H22FN5O3S/c1-30-23-22(24(34)31(2)26(30)35)32(14-16-10-12-18(27)13-11-16)25(29-23)36-15-21(33)28-20-9-5-7-17-6-3-4-8-19(17)20/h3-13H,14-15H2,1-2H3,(H,28,33). The van der Waals surface area contributed by atoms with Crippen LogP contribution in [0.3, 0.4) is 0 Å². The Balaban J connectivity index is 1.48. The first-order chi connectivity index (χ1) is 17.3. The molecule has 0 saturated carbocycles. The van der Waals surface area contributed by atoms with E-state index in [-0.39, 0.29) is 35.2 Å². The number of halogens is 1. The molecule has 2 heterocycles. The number of thioether (sulfide) groups is 1. The first kappa shape index (κ1) is 23.6. The Hall–Kier alpha value is -4.18. The number of aryl methyl sites for hydroxylation is 1. The van der Waals surface area contributed by atoms with Gasteiger partial charge in [-0.25, -0.2) is 14.2 Å². The number of nitrogens with zero attached hydrogens (tertiary/aromatic N) is 4. The topological polar surface area (TPSA) is 90.9 Å². The molecule has 0 bridgehead atoms. The van der Waals surface area contributed by atoms with Gasteiger partial charge in [-0.05, 0) is 29.1 Å². The van der Waals surface area contributed by atoms with Crippen LogP contribution in [-0.2, 0) is 25.4 Å². The summed E-state index contributed by atoms with van der Waals surface area (Å²) in [6.07, 6.45) is 0. The van der Waals surface area contributed by atoms with Crippen LogP contribution >= 0.6 is 11.8 Å². The molecule has 2 aromatic heterocycles. The average molecular weight is 504 g/mol. The summed E-state index contributed by atoms with van der Waals surface area (Å²) in [4.78, 5) is 42.9. The van der Waals surface area contributed by atoms with Crippen molar-refractivity contribution in [3.8, 4) is 0 Å². The molecule has 0 unspecified atom stereocenters. The van der Waals surface area contributed by atoms with E-state index in [0.29, 0.717) is 10.8 Å². The number of anilines is 1. The van der Waals surface area contributed by atoms with Crippen molar-refractivity contribution in [2.45, 2.75) is 11.7 Å². The molecule has 0 atom stereocenters. The molecule has 0 spiro atoms. The number of rotatable bonds is 6. The van der Waals surface area contributed by atoms with E-state index in [1.54, 1.807) is 23.7 Å². The monoisotopic (exact) mass is 503 g/mol. The van der Waals surface area contributed by atoms with Gasteiger partial charge in [0.1, 0.15) is 5.82 Å². The fraction of sp³-hybridized carbons (Fsp3) is 0.154. The Morgan fingerprint density at radius 2 is 1.69 bits per heavy atom. The maximum absolute atomic E-state index is 13.4. The van der Waals surface area contributed by atoms with E-state index in [0.717, 1.165) is 32.7 Å². The molecule has 0 aliphatic rings. The number of aromatic nitrogens is 4. The Kier molecular flexibility index (Phi) is 6.19. The van der Waals surface area contributed by atoms with Gasteiger partial charge in [0.05, 0.1) is 12.3 Å². The van der Waals surface area contributed by atoms with Crippen LogP contribution in [0.1, 0.15) is 5.56 Å². The van der Waals surface area contributed by atoms with Crippen molar-refractivity contribution in [1.29, 1.82) is 0 Å². The van der Waals surface area contributed by atoms with E-state index >= 15 is 0 Å². The Bertz CT molecular complexity index is 1730. The zero-order chi connectivity index (χ0) is 25.4. The van der Waals surface area contributed by atoms with Gasteiger partial charge in [-0.1, -0.05) is 60.3 Å². The van der Waals surface area contributed by atoms with E-state index < -0.39 is 11.2 Å². The van der Waals surface area contributed by atoms with Crippen molar-refractivity contribution in [3.05, 3.63) is 98.9 Å². The van der Waals surface area contributed by atoms with E-state index in [9.17, 15) is 18.8 Å². The lowest BCUT2D eigenvalue weighted by molar-refractivity contribution is -0.113. The highest BCUT2D eigenvalue weighted by Gasteiger charge is 2.20. The van der Waals surface area contributed by atoms with E-state index in [2.05, 4.69) is 10.3 Å². The predicted octanol–water partition coefficient (Wildman–Crippen LogP) is 3.51. The number of carbonyl (C=O) groups is 1. The van der Waals surface area contributed by atoms with Crippen molar-refractivity contribution < 1.29 is 9.18 Å². The van der Waals surface area contributed by atoms with Crippen molar-refractivity contribution in [3.63, 3.8) is 0 Å². The lowest BCUT2D eigenvalue weighted by Crippen LogP contribution is -2.37. The zero-order valence-corrected chi connectivity index (χ0v) is 20.4. The van der Waals surface area contributed by atoms with E-state index in [1.165, 1.54) is 23.7 Å². The maximum atomic E-state index is 13.4. The molecule has 0 radical (unpaired) electrons. The minimum absolute atomic E-state index is 0.0320. The summed E-state index contributed by atoms with van der Waals surface area (Å²) in [5.74, 6) is -0.574. The summed E-state index contributed by atoms with van der Waals surface area (Å²) in [5, 5.41) is 5.29. The van der Waals surface area contributed by atoms with Gasteiger partial charge in [0.25, 0.3) is 5.56 Å². The molecule has 5 rings (SSSR count). The Morgan fingerprint density at radius 3 is 2.47 bits per heavy atom. The van der Waals surface area contributed by atoms with Crippen LogP contribution in [0.2, 0.25) is 0 Å². The molecule has 0 aliphatic carbocycles. The van der Waals surface area contributed by atoms with Crippen LogP contribution < -0.4 is 16.6 Å². The number of carbonyl (C=O) groups excluding carboxylic acids is 1. The van der Waals surface area contributed by atoms with Crippen molar-refractivity contribution in [2.75, 3.05) is 11.1 Å². The molecular weight excluding hydrogens is 481 g/mol. The fourth-order valence-corrected chi connectivity index (χ4v) is 4.90. The van der Waals surface area contributed by atoms with Gasteiger partial charge in [0.15, 0.2) is 16.3 Å². The van der Waals surface area contributed by atoms with Crippen LogP contribution in [0, 0.1) is 5.82 Å². The summed E-state index contributed by atoms with van der Waals surface area (Å²) < 4.78 is 17.4. The molecule has 0 aliphatic heterocycles. The largest absolute Gasteiger partial charge is 0.332 e. The molecule has 1 N–H and O–H groups in total. The van der Waals surface area contributed by atoms with Crippen LogP contribution in [0.25, 0.3) is 21.9 Å². The Morgan fingerprint density at radius 1 is 0.972 bits per heavy atom. The average Bonchev–Trinajstić information content (AvgIpc) is 3.24. The third-order valence-electron chi connectivity index (χ3n) is 5.96. The van der Waals surface area contributed by atoms with Crippen molar-refractivity contribution in [1.82, 2.24) is 18.7 Å².